The second kappa shape index (κ2) is 12.0. The van der Waals surface area contributed by atoms with E-state index in [1.54, 1.807) is 12.1 Å². The maximum Gasteiger partial charge on any atom is 0.341 e. The summed E-state index contributed by atoms with van der Waals surface area (Å²) in [6.07, 6.45) is -6.79. The van der Waals surface area contributed by atoms with E-state index < -0.39 is 67.2 Å². The number of para-hydroxylation sites is 1. The molecule has 0 amide bonds. The van der Waals surface area contributed by atoms with Gasteiger partial charge in [0, 0.05) is 27.7 Å². The van der Waals surface area contributed by atoms with E-state index in [0.717, 1.165) is 27.7 Å². The van der Waals surface area contributed by atoms with Gasteiger partial charge in [0.1, 0.15) is 24.0 Å². The van der Waals surface area contributed by atoms with E-state index in [1.807, 2.05) is 0 Å². The van der Waals surface area contributed by atoms with Crippen molar-refractivity contribution in [2.24, 2.45) is 0 Å². The second-order valence-electron chi connectivity index (χ2n) is 7.17. The number of hydrogen-bond acceptors (Lipinski definition) is 12. The topological polar surface area (TPSA) is 150 Å². The summed E-state index contributed by atoms with van der Waals surface area (Å²) in [5.74, 6) is -3.65. The van der Waals surface area contributed by atoms with Crippen LogP contribution in [0, 0.1) is 0 Å². The lowest BCUT2D eigenvalue weighted by atomic mass is 9.98. The maximum absolute atomic E-state index is 12.1. The van der Waals surface area contributed by atoms with E-state index in [1.165, 1.54) is 19.2 Å². The molecule has 1 saturated heterocycles. The van der Waals surface area contributed by atoms with E-state index in [0.29, 0.717) is 0 Å². The fraction of sp³-hybridized carbons (Fsp3) is 0.500. The van der Waals surface area contributed by atoms with Gasteiger partial charge < -0.3 is 33.2 Å². The van der Waals surface area contributed by atoms with Crippen molar-refractivity contribution < 1.29 is 57.1 Å². The van der Waals surface area contributed by atoms with E-state index in [9.17, 15) is 24.0 Å². The molecular formula is C22H26O12. The highest BCUT2D eigenvalue weighted by atomic mass is 16.7. The average Bonchev–Trinajstić information content (AvgIpc) is 2.75. The van der Waals surface area contributed by atoms with Crippen molar-refractivity contribution in [2.45, 2.75) is 58.4 Å². The summed E-state index contributed by atoms with van der Waals surface area (Å²) < 4.78 is 37.4. The Morgan fingerprint density at radius 1 is 0.794 bits per heavy atom. The molecule has 0 radical (unpaired) electrons. The molecule has 0 saturated carbocycles. The first-order valence-corrected chi connectivity index (χ1v) is 10.2. The fourth-order valence-electron chi connectivity index (χ4n) is 3.26. The molecule has 1 heterocycles. The summed E-state index contributed by atoms with van der Waals surface area (Å²) in [6.45, 7) is 4.08. The minimum Gasteiger partial charge on any atom is -0.465 e. The van der Waals surface area contributed by atoms with E-state index >= 15 is 0 Å². The number of hydrogen-bond donors (Lipinski definition) is 0. The Bertz CT molecular complexity index is 926. The third kappa shape index (κ3) is 7.17. The van der Waals surface area contributed by atoms with Gasteiger partial charge in [-0.3, -0.25) is 19.2 Å². The molecule has 12 heteroatoms. The van der Waals surface area contributed by atoms with Gasteiger partial charge >= 0.3 is 29.8 Å². The third-order valence-electron chi connectivity index (χ3n) is 4.48. The summed E-state index contributed by atoms with van der Waals surface area (Å²) in [5.41, 5.74) is 0.0397. The number of methoxy groups -OCH3 is 1. The fourth-order valence-corrected chi connectivity index (χ4v) is 3.26. The normalized spacial score (nSPS) is 23.7. The first-order chi connectivity index (χ1) is 16.0. The molecular weight excluding hydrogens is 456 g/mol. The van der Waals surface area contributed by atoms with E-state index in [-0.39, 0.29) is 11.3 Å². The zero-order valence-electron chi connectivity index (χ0n) is 19.3. The lowest BCUT2D eigenvalue weighted by Crippen LogP contribution is -2.63. The van der Waals surface area contributed by atoms with E-state index in [2.05, 4.69) is 0 Å². The Kier molecular flexibility index (Phi) is 9.36. The van der Waals surface area contributed by atoms with Crippen molar-refractivity contribution in [3.63, 3.8) is 0 Å². The monoisotopic (exact) mass is 482 g/mol. The largest absolute Gasteiger partial charge is 0.465 e. The average molecular weight is 482 g/mol. The summed E-state index contributed by atoms with van der Waals surface area (Å²) >= 11 is 0. The van der Waals surface area contributed by atoms with Gasteiger partial charge in [0.15, 0.2) is 12.2 Å². The lowest BCUT2D eigenvalue weighted by molar-refractivity contribution is -0.288. The Morgan fingerprint density at radius 3 is 1.91 bits per heavy atom. The predicted octanol–water partition coefficient (Wildman–Crippen LogP) is 0.935. The molecule has 0 bridgehead atoms. The molecule has 2 rings (SSSR count). The highest BCUT2D eigenvalue weighted by Gasteiger charge is 2.53. The standard InChI is InChI=1S/C22H26O12/c1-11(23)29-10-17-18(30-12(2)24)19(31-13(3)25)20(32-14(4)26)22(34-17)33-16-9-7-6-8-15(16)21(27)28-5/h6-9,17-20,22H,10H2,1-5H3/t17-,18-,19+,20+,22-/m1/s1. The quantitative estimate of drug-likeness (QED) is 0.383. The van der Waals surface area contributed by atoms with Gasteiger partial charge in [0.25, 0.3) is 0 Å². The first-order valence-electron chi connectivity index (χ1n) is 10.2. The summed E-state index contributed by atoms with van der Waals surface area (Å²) in [6, 6.07) is 6.03. The van der Waals surface area contributed by atoms with Gasteiger partial charge in [-0.25, -0.2) is 4.79 Å². The number of esters is 5. The van der Waals surface area contributed by atoms with Crippen LogP contribution in [0.4, 0.5) is 0 Å². The number of benzene rings is 1. The van der Waals surface area contributed by atoms with Crippen molar-refractivity contribution >= 4 is 29.8 Å². The van der Waals surface area contributed by atoms with Gasteiger partial charge in [-0.1, -0.05) is 12.1 Å². The molecule has 1 fully saturated rings. The third-order valence-corrected chi connectivity index (χ3v) is 4.48. The second-order valence-corrected chi connectivity index (χ2v) is 7.17. The molecule has 34 heavy (non-hydrogen) atoms. The summed E-state index contributed by atoms with van der Waals surface area (Å²) in [4.78, 5) is 59.0. The SMILES string of the molecule is COC(=O)c1ccccc1O[C@@H]1O[C@H](COC(C)=O)[C@@H](OC(C)=O)[C@H](OC(C)=O)[C@@H]1OC(C)=O. The van der Waals surface area contributed by atoms with Crippen molar-refractivity contribution in [3.8, 4) is 5.75 Å². The van der Waals surface area contributed by atoms with Gasteiger partial charge in [-0.05, 0) is 12.1 Å². The van der Waals surface area contributed by atoms with Crippen LogP contribution < -0.4 is 4.74 Å². The molecule has 0 spiro atoms. The highest BCUT2D eigenvalue weighted by Crippen LogP contribution is 2.32. The van der Waals surface area contributed by atoms with Gasteiger partial charge in [0.05, 0.1) is 7.11 Å². The van der Waals surface area contributed by atoms with Gasteiger partial charge in [-0.2, -0.15) is 0 Å². The van der Waals surface area contributed by atoms with Crippen molar-refractivity contribution in [2.75, 3.05) is 13.7 Å². The van der Waals surface area contributed by atoms with Crippen molar-refractivity contribution in [3.05, 3.63) is 29.8 Å². The molecule has 1 aromatic rings. The van der Waals surface area contributed by atoms with Crippen molar-refractivity contribution in [1.29, 1.82) is 0 Å². The Hall–Kier alpha value is -3.67. The zero-order chi connectivity index (χ0) is 25.4. The number of ether oxygens (including phenoxy) is 7. The van der Waals surface area contributed by atoms with Gasteiger partial charge in [-0.15, -0.1) is 0 Å². The van der Waals surface area contributed by atoms with Crippen LogP contribution in [0.3, 0.4) is 0 Å². The van der Waals surface area contributed by atoms with Crippen LogP contribution >= 0.6 is 0 Å². The zero-order valence-corrected chi connectivity index (χ0v) is 19.3. The Labute approximate surface area is 195 Å². The van der Waals surface area contributed by atoms with Crippen molar-refractivity contribution in [1.82, 2.24) is 0 Å². The van der Waals surface area contributed by atoms with Crippen LogP contribution in [-0.4, -0.2) is 74.3 Å². The molecule has 12 nitrogen and oxygen atoms in total. The van der Waals surface area contributed by atoms with Crippen LogP contribution in [0.2, 0.25) is 0 Å². The molecule has 5 atom stereocenters. The van der Waals surface area contributed by atoms with Crippen LogP contribution in [0.25, 0.3) is 0 Å². The molecule has 0 aliphatic carbocycles. The predicted molar refractivity (Wildman–Crippen MR) is 110 cm³/mol. The van der Waals surface area contributed by atoms with Gasteiger partial charge in [0.2, 0.25) is 12.4 Å². The molecule has 0 unspecified atom stereocenters. The molecule has 1 aromatic carbocycles. The van der Waals surface area contributed by atoms with Crippen LogP contribution in [0.5, 0.6) is 5.75 Å². The number of rotatable bonds is 8. The highest BCUT2D eigenvalue weighted by molar-refractivity contribution is 5.92. The molecule has 186 valence electrons. The lowest BCUT2D eigenvalue weighted by Gasteiger charge is -2.44. The minimum atomic E-state index is -1.47. The summed E-state index contributed by atoms with van der Waals surface area (Å²) in [5, 5.41) is 0. The molecule has 1 aliphatic heterocycles. The van der Waals surface area contributed by atoms with E-state index in [4.69, 9.17) is 33.2 Å². The van der Waals surface area contributed by atoms with Crippen LogP contribution in [0.1, 0.15) is 38.1 Å². The first kappa shape index (κ1) is 26.6. The van der Waals surface area contributed by atoms with Crippen LogP contribution in [-0.2, 0) is 47.6 Å². The smallest absolute Gasteiger partial charge is 0.341 e. The maximum atomic E-state index is 12.1. The minimum absolute atomic E-state index is 0.00949. The molecule has 1 aliphatic rings. The molecule has 0 aromatic heterocycles. The molecule has 0 N–H and O–H groups in total. The number of carbonyl (C=O) groups excluding carboxylic acids is 5. The summed E-state index contributed by atoms with van der Waals surface area (Å²) in [7, 11) is 1.19. The Morgan fingerprint density at radius 2 is 1.35 bits per heavy atom. The number of carbonyl (C=O) groups is 5. The van der Waals surface area contributed by atoms with Crippen LogP contribution in [0.15, 0.2) is 24.3 Å². The Balaban J connectivity index is 2.52.